The molecule has 156 valence electrons. The molecule has 0 aromatic heterocycles. The molecule has 1 fully saturated rings. The van der Waals surface area contributed by atoms with Crippen LogP contribution in [0.1, 0.15) is 28.8 Å². The molecule has 0 aliphatic carbocycles. The lowest BCUT2D eigenvalue weighted by molar-refractivity contribution is -0.150. The lowest BCUT2D eigenvalue weighted by Crippen LogP contribution is -2.33. The van der Waals surface area contributed by atoms with Crippen molar-refractivity contribution in [3.63, 3.8) is 0 Å². The third kappa shape index (κ3) is 5.66. The summed E-state index contributed by atoms with van der Waals surface area (Å²) in [4.78, 5) is 49.6. The maximum atomic E-state index is 12.6. The summed E-state index contributed by atoms with van der Waals surface area (Å²) in [6.45, 7) is 1.77. The molecule has 0 atom stereocenters. The van der Waals surface area contributed by atoms with E-state index in [-0.39, 0.29) is 23.9 Å². The molecule has 3 amide bonds. The highest BCUT2D eigenvalue weighted by Crippen LogP contribution is 2.18. The number of nitrogens with one attached hydrogen (secondary N) is 2. The monoisotopic (exact) mass is 409 g/mol. The van der Waals surface area contributed by atoms with Crippen molar-refractivity contribution in [1.82, 2.24) is 4.90 Å². The average molecular weight is 409 g/mol. The molecule has 0 radical (unpaired) electrons. The van der Waals surface area contributed by atoms with Gasteiger partial charge in [-0.25, -0.2) is 0 Å². The van der Waals surface area contributed by atoms with Crippen molar-refractivity contribution in [2.45, 2.75) is 19.8 Å². The first-order valence-electron chi connectivity index (χ1n) is 9.62. The Morgan fingerprint density at radius 1 is 1.07 bits per heavy atom. The lowest BCUT2D eigenvalue weighted by atomic mass is 10.1. The van der Waals surface area contributed by atoms with Gasteiger partial charge in [-0.05, 0) is 43.2 Å². The number of hydrogen-bond acceptors (Lipinski definition) is 5. The van der Waals surface area contributed by atoms with Crippen LogP contribution in [0.4, 0.5) is 11.4 Å². The number of ether oxygens (including phenoxy) is 1. The zero-order valence-corrected chi connectivity index (χ0v) is 16.6. The van der Waals surface area contributed by atoms with Crippen LogP contribution in [-0.4, -0.2) is 48.3 Å². The van der Waals surface area contributed by atoms with Crippen molar-refractivity contribution in [3.8, 4) is 0 Å². The Bertz CT molecular complexity index is 973. The van der Waals surface area contributed by atoms with Crippen LogP contribution in [0.2, 0.25) is 0 Å². The van der Waals surface area contributed by atoms with Crippen molar-refractivity contribution >= 4 is 35.1 Å². The molecular formula is C22H23N3O5. The van der Waals surface area contributed by atoms with Crippen molar-refractivity contribution in [2.24, 2.45) is 0 Å². The second-order valence-corrected chi connectivity index (χ2v) is 7.00. The largest absolute Gasteiger partial charge is 0.454 e. The van der Waals surface area contributed by atoms with E-state index < -0.39 is 18.5 Å². The van der Waals surface area contributed by atoms with Crippen LogP contribution >= 0.6 is 0 Å². The van der Waals surface area contributed by atoms with E-state index in [1.165, 1.54) is 4.90 Å². The quantitative estimate of drug-likeness (QED) is 0.683. The Hall–Kier alpha value is -3.68. The minimum Gasteiger partial charge on any atom is -0.454 e. The lowest BCUT2D eigenvalue weighted by Gasteiger charge is -2.15. The molecule has 2 aromatic carbocycles. The van der Waals surface area contributed by atoms with Gasteiger partial charge in [-0.15, -0.1) is 0 Å². The summed E-state index contributed by atoms with van der Waals surface area (Å²) in [5.74, 6) is -1.69. The summed E-state index contributed by atoms with van der Waals surface area (Å²) in [7, 11) is 0. The molecule has 1 saturated heterocycles. The van der Waals surface area contributed by atoms with Crippen molar-refractivity contribution < 1.29 is 23.9 Å². The maximum Gasteiger partial charge on any atom is 0.326 e. The molecule has 0 spiro atoms. The first kappa shape index (κ1) is 21.0. The van der Waals surface area contributed by atoms with E-state index in [0.29, 0.717) is 30.8 Å². The third-order valence-electron chi connectivity index (χ3n) is 4.58. The minimum absolute atomic E-state index is 0.0926. The van der Waals surface area contributed by atoms with E-state index in [0.717, 1.165) is 5.56 Å². The average Bonchev–Trinajstić information content (AvgIpc) is 3.11. The summed E-state index contributed by atoms with van der Waals surface area (Å²) in [6, 6.07) is 13.9. The number of carbonyl (C=O) groups excluding carboxylic acids is 4. The molecule has 8 heteroatoms. The normalized spacial score (nSPS) is 13.1. The van der Waals surface area contributed by atoms with Gasteiger partial charge in [0.2, 0.25) is 5.91 Å². The van der Waals surface area contributed by atoms with Crippen LogP contribution < -0.4 is 10.6 Å². The highest BCUT2D eigenvalue weighted by molar-refractivity contribution is 6.10. The molecule has 0 unspecified atom stereocenters. The molecular weight excluding hydrogens is 386 g/mol. The van der Waals surface area contributed by atoms with Crippen LogP contribution in [0.3, 0.4) is 0 Å². The smallest absolute Gasteiger partial charge is 0.326 e. The van der Waals surface area contributed by atoms with E-state index in [2.05, 4.69) is 10.6 Å². The Labute approximate surface area is 174 Å². The number of nitrogens with zero attached hydrogens (tertiary/aromatic N) is 1. The number of benzene rings is 2. The first-order chi connectivity index (χ1) is 14.4. The van der Waals surface area contributed by atoms with Crippen LogP contribution in [-0.2, 0) is 19.1 Å². The Morgan fingerprint density at radius 3 is 2.60 bits per heavy atom. The van der Waals surface area contributed by atoms with Crippen LogP contribution in [0.5, 0.6) is 0 Å². The molecule has 1 aliphatic heterocycles. The van der Waals surface area contributed by atoms with Crippen LogP contribution in [0.15, 0.2) is 48.5 Å². The molecule has 3 rings (SSSR count). The Balaban J connectivity index is 1.56. The van der Waals surface area contributed by atoms with Gasteiger partial charge in [0.25, 0.3) is 11.8 Å². The number of aryl methyl sites for hydroxylation is 1. The number of anilines is 2. The fourth-order valence-electron chi connectivity index (χ4n) is 3.12. The number of likely N-dealkylation sites (tertiary alicyclic amines) is 1. The van der Waals surface area contributed by atoms with Gasteiger partial charge in [0.15, 0.2) is 6.61 Å². The zero-order valence-electron chi connectivity index (χ0n) is 16.6. The Morgan fingerprint density at radius 2 is 1.87 bits per heavy atom. The van der Waals surface area contributed by atoms with Gasteiger partial charge >= 0.3 is 5.97 Å². The van der Waals surface area contributed by atoms with Crippen molar-refractivity contribution in [3.05, 3.63) is 59.7 Å². The van der Waals surface area contributed by atoms with E-state index >= 15 is 0 Å². The van der Waals surface area contributed by atoms with Crippen molar-refractivity contribution in [1.29, 1.82) is 0 Å². The highest BCUT2D eigenvalue weighted by Gasteiger charge is 2.23. The van der Waals surface area contributed by atoms with Gasteiger partial charge in [0.1, 0.15) is 6.54 Å². The van der Waals surface area contributed by atoms with Crippen LogP contribution in [0.25, 0.3) is 0 Å². The van der Waals surface area contributed by atoms with E-state index in [9.17, 15) is 19.2 Å². The third-order valence-corrected chi connectivity index (χ3v) is 4.58. The summed E-state index contributed by atoms with van der Waals surface area (Å²) < 4.78 is 4.95. The summed E-state index contributed by atoms with van der Waals surface area (Å²) in [6.07, 6.45) is 1.14. The van der Waals surface area contributed by atoms with E-state index in [1.807, 2.05) is 25.1 Å². The fourth-order valence-corrected chi connectivity index (χ4v) is 3.12. The van der Waals surface area contributed by atoms with Gasteiger partial charge in [-0.1, -0.05) is 24.3 Å². The summed E-state index contributed by atoms with van der Waals surface area (Å²) >= 11 is 0. The summed E-state index contributed by atoms with van der Waals surface area (Å²) in [5.41, 5.74) is 2.23. The van der Waals surface area contributed by atoms with Gasteiger partial charge in [0.05, 0.1) is 11.3 Å². The second kappa shape index (κ2) is 9.69. The SMILES string of the molecule is Cc1cccc(NC(=O)c2ccccc2NC(=O)COC(=O)CN2CCCC2=O)c1. The number of para-hydroxylation sites is 1. The predicted octanol–water partition coefficient (Wildman–Crippen LogP) is 2.35. The van der Waals surface area contributed by atoms with Gasteiger partial charge in [0, 0.05) is 18.7 Å². The molecule has 2 N–H and O–H groups in total. The second-order valence-electron chi connectivity index (χ2n) is 7.00. The number of amides is 3. The summed E-state index contributed by atoms with van der Waals surface area (Å²) in [5, 5.41) is 5.38. The molecule has 2 aromatic rings. The van der Waals surface area contributed by atoms with E-state index in [4.69, 9.17) is 4.74 Å². The van der Waals surface area contributed by atoms with Gasteiger partial charge < -0.3 is 20.3 Å². The van der Waals surface area contributed by atoms with E-state index in [1.54, 1.807) is 30.3 Å². The maximum absolute atomic E-state index is 12.6. The number of rotatable bonds is 7. The molecule has 8 nitrogen and oxygen atoms in total. The topological polar surface area (TPSA) is 105 Å². The van der Waals surface area contributed by atoms with Gasteiger partial charge in [-0.2, -0.15) is 0 Å². The highest BCUT2D eigenvalue weighted by atomic mass is 16.5. The molecule has 30 heavy (non-hydrogen) atoms. The predicted molar refractivity (Wildman–Crippen MR) is 111 cm³/mol. The van der Waals surface area contributed by atoms with Crippen LogP contribution in [0, 0.1) is 6.92 Å². The number of carbonyl (C=O) groups is 4. The Kier molecular flexibility index (Phi) is 6.79. The number of esters is 1. The van der Waals surface area contributed by atoms with Gasteiger partial charge in [-0.3, -0.25) is 19.2 Å². The van der Waals surface area contributed by atoms with Crippen molar-refractivity contribution in [2.75, 3.05) is 30.3 Å². The molecule has 0 saturated carbocycles. The molecule has 1 aliphatic rings. The molecule has 1 heterocycles. The standard InChI is InChI=1S/C22H23N3O5/c1-15-6-4-7-16(12-15)23-22(29)17-8-2-3-9-18(17)24-19(26)14-30-21(28)13-25-11-5-10-20(25)27/h2-4,6-9,12H,5,10-11,13-14H2,1H3,(H,23,29)(H,24,26). The fraction of sp³-hybridized carbons (Fsp3) is 0.273. The zero-order chi connectivity index (χ0) is 21.5. The first-order valence-corrected chi connectivity index (χ1v) is 9.62. The minimum atomic E-state index is -0.647. The number of hydrogen-bond donors (Lipinski definition) is 2. The molecule has 0 bridgehead atoms.